The second-order valence-corrected chi connectivity index (χ2v) is 18.8. The van der Waals surface area contributed by atoms with Crippen LogP contribution in [0, 0.1) is 5.82 Å². The fourth-order valence-electron chi connectivity index (χ4n) is 2.87. The van der Waals surface area contributed by atoms with Gasteiger partial charge in [0.1, 0.15) is 11.5 Å². The maximum atomic E-state index is 14.4. The highest BCUT2D eigenvalue weighted by Gasteiger charge is 2.41. The van der Waals surface area contributed by atoms with E-state index in [2.05, 4.69) is 20.9 Å². The third-order valence-electron chi connectivity index (χ3n) is 3.81. The summed E-state index contributed by atoms with van der Waals surface area (Å²) in [7, 11) is -4.56. The molecule has 0 unspecified atom stereocenters. The van der Waals surface area contributed by atoms with Crippen LogP contribution in [0.3, 0.4) is 0 Å². The van der Waals surface area contributed by atoms with Crippen LogP contribution in [0.1, 0.15) is 5.69 Å². The Kier molecular flexibility index (Phi) is 4.82. The van der Waals surface area contributed by atoms with Crippen LogP contribution in [0.5, 0.6) is 0 Å². The molecular formula is C16H20BrF4NSi2. The van der Waals surface area contributed by atoms with Crippen LogP contribution < -0.4 is 10.4 Å². The summed E-state index contributed by atoms with van der Waals surface area (Å²) in [5, 5.41) is 1.13. The van der Waals surface area contributed by atoms with Gasteiger partial charge in [0.05, 0.1) is 21.7 Å². The molecule has 1 aromatic carbocycles. The van der Waals surface area contributed by atoms with Gasteiger partial charge >= 0.3 is 6.18 Å². The van der Waals surface area contributed by atoms with E-state index in [0.29, 0.717) is 15.0 Å². The zero-order valence-electron chi connectivity index (χ0n) is 14.5. The van der Waals surface area contributed by atoms with Crippen molar-refractivity contribution in [1.29, 1.82) is 0 Å². The smallest absolute Gasteiger partial charge is 0.243 e. The Bertz CT molecular complexity index is 805. The molecule has 2 aromatic rings. The highest BCUT2D eigenvalue weighted by atomic mass is 79.9. The van der Waals surface area contributed by atoms with E-state index in [-0.39, 0.29) is 10.7 Å². The number of hydrogen-bond acceptors (Lipinski definition) is 1. The molecular weight excluding hydrogens is 418 g/mol. The van der Waals surface area contributed by atoms with E-state index in [0.717, 1.165) is 0 Å². The van der Waals surface area contributed by atoms with Gasteiger partial charge in [-0.25, -0.2) is 9.37 Å². The number of hydrogen-bond donors (Lipinski definition) is 0. The second kappa shape index (κ2) is 5.91. The molecule has 24 heavy (non-hydrogen) atoms. The minimum Gasteiger partial charge on any atom is -0.243 e. The van der Waals surface area contributed by atoms with Gasteiger partial charge in [-0.3, -0.25) is 0 Å². The van der Waals surface area contributed by atoms with E-state index < -0.39 is 33.8 Å². The summed E-state index contributed by atoms with van der Waals surface area (Å²) < 4.78 is 55.8. The number of nitrogens with zero attached hydrogens (tertiary/aromatic N) is 1. The van der Waals surface area contributed by atoms with Crippen LogP contribution >= 0.6 is 15.9 Å². The van der Waals surface area contributed by atoms with Crippen LogP contribution in [0.2, 0.25) is 39.3 Å². The molecule has 1 nitrogen and oxygen atoms in total. The first-order valence-corrected chi connectivity index (χ1v) is 15.3. The monoisotopic (exact) mass is 437 g/mol. The Labute approximate surface area is 149 Å². The Hall–Kier alpha value is -0.736. The molecule has 0 aliphatic heterocycles. The summed E-state index contributed by atoms with van der Waals surface area (Å²) in [5.41, 5.74) is -0.749. The number of alkyl halides is 3. The van der Waals surface area contributed by atoms with E-state index in [9.17, 15) is 17.6 Å². The molecule has 0 atom stereocenters. The van der Waals surface area contributed by atoms with Crippen molar-refractivity contribution in [2.24, 2.45) is 0 Å². The van der Waals surface area contributed by atoms with Crippen molar-refractivity contribution in [1.82, 2.24) is 4.98 Å². The molecule has 1 heterocycles. The van der Waals surface area contributed by atoms with E-state index in [1.807, 2.05) is 39.3 Å². The van der Waals surface area contributed by atoms with Crippen molar-refractivity contribution in [2.45, 2.75) is 45.5 Å². The lowest BCUT2D eigenvalue weighted by atomic mass is 10.2. The molecule has 1 aromatic heterocycles. The van der Waals surface area contributed by atoms with Gasteiger partial charge in [0, 0.05) is 15.0 Å². The zero-order chi connectivity index (χ0) is 18.7. The SMILES string of the molecule is C[Si](C)(C)c1c(C(F)(F)F)nc2c([Si](C)(C)C)c(F)ccc2c1Br. The lowest BCUT2D eigenvalue weighted by Crippen LogP contribution is -2.46. The summed E-state index contributed by atoms with van der Waals surface area (Å²) in [6.45, 7) is 11.2. The molecule has 132 valence electrons. The molecule has 0 spiro atoms. The normalized spacial score (nSPS) is 13.6. The van der Waals surface area contributed by atoms with E-state index in [4.69, 9.17) is 0 Å². The molecule has 0 N–H and O–H groups in total. The molecule has 0 bridgehead atoms. The van der Waals surface area contributed by atoms with Crippen molar-refractivity contribution >= 4 is 53.4 Å². The molecule has 0 fully saturated rings. The summed E-state index contributed by atoms with van der Waals surface area (Å²) in [5.74, 6) is -0.477. The zero-order valence-corrected chi connectivity index (χ0v) is 18.1. The molecule has 2 rings (SSSR count). The summed E-state index contributed by atoms with van der Waals surface area (Å²) >= 11 is 3.37. The van der Waals surface area contributed by atoms with Gasteiger partial charge in [0.2, 0.25) is 0 Å². The maximum absolute atomic E-state index is 14.4. The maximum Gasteiger partial charge on any atom is 0.433 e. The average Bonchev–Trinajstić information content (AvgIpc) is 2.33. The lowest BCUT2D eigenvalue weighted by Gasteiger charge is -2.26. The molecule has 0 saturated heterocycles. The molecule has 0 aliphatic rings. The van der Waals surface area contributed by atoms with Gasteiger partial charge in [-0.1, -0.05) is 55.2 Å². The first kappa shape index (κ1) is 19.6. The van der Waals surface area contributed by atoms with E-state index >= 15 is 0 Å². The van der Waals surface area contributed by atoms with Gasteiger partial charge < -0.3 is 0 Å². The molecule has 0 radical (unpaired) electrons. The Morgan fingerprint density at radius 1 is 0.917 bits per heavy atom. The molecule has 0 amide bonds. The number of pyridine rings is 1. The quantitative estimate of drug-likeness (QED) is 0.461. The summed E-state index contributed by atoms with van der Waals surface area (Å²) in [4.78, 5) is 3.98. The van der Waals surface area contributed by atoms with Gasteiger partial charge in [0.15, 0.2) is 0 Å². The second-order valence-electron chi connectivity index (χ2n) is 7.97. The van der Waals surface area contributed by atoms with E-state index in [1.54, 1.807) is 0 Å². The highest BCUT2D eigenvalue weighted by Crippen LogP contribution is 2.34. The highest BCUT2D eigenvalue weighted by molar-refractivity contribution is 9.10. The average molecular weight is 438 g/mol. The van der Waals surface area contributed by atoms with Crippen LogP contribution in [0.15, 0.2) is 16.6 Å². The molecule has 0 aliphatic carbocycles. The predicted octanol–water partition coefficient (Wildman–Crippen LogP) is 5.25. The first-order chi connectivity index (χ1) is 10.7. The Balaban J connectivity index is 3.10. The standard InChI is InChI=1S/C16H20BrF4NSi2/c1-23(2,3)13-10(18)8-7-9-11(17)14(24(4,5)6)15(16(19,20)21)22-12(9)13/h7-8H,1-6H3. The molecule has 8 heteroatoms. The number of aromatic nitrogens is 1. The predicted molar refractivity (Wildman–Crippen MR) is 100 cm³/mol. The lowest BCUT2D eigenvalue weighted by molar-refractivity contribution is -0.140. The van der Waals surface area contributed by atoms with Crippen molar-refractivity contribution in [2.75, 3.05) is 0 Å². The third-order valence-corrected chi connectivity index (χ3v) is 8.96. The van der Waals surface area contributed by atoms with Gasteiger partial charge in [-0.2, -0.15) is 13.2 Å². The fraction of sp³-hybridized carbons (Fsp3) is 0.438. The topological polar surface area (TPSA) is 12.9 Å². The van der Waals surface area contributed by atoms with E-state index in [1.165, 1.54) is 12.1 Å². The van der Waals surface area contributed by atoms with Crippen molar-refractivity contribution in [3.8, 4) is 0 Å². The van der Waals surface area contributed by atoms with Crippen molar-refractivity contribution in [3.63, 3.8) is 0 Å². The minimum absolute atomic E-state index is 0.135. The van der Waals surface area contributed by atoms with Gasteiger partial charge in [0.25, 0.3) is 0 Å². The third kappa shape index (κ3) is 3.46. The largest absolute Gasteiger partial charge is 0.433 e. The number of rotatable bonds is 2. The number of benzene rings is 1. The van der Waals surface area contributed by atoms with Crippen molar-refractivity contribution in [3.05, 3.63) is 28.1 Å². The Morgan fingerprint density at radius 3 is 1.83 bits per heavy atom. The van der Waals surface area contributed by atoms with Gasteiger partial charge in [-0.05, 0) is 17.3 Å². The fourth-order valence-corrected chi connectivity index (χ4v) is 8.56. The first-order valence-electron chi connectivity index (χ1n) is 7.55. The number of halogens is 5. The van der Waals surface area contributed by atoms with Crippen LogP contribution in [-0.4, -0.2) is 21.1 Å². The van der Waals surface area contributed by atoms with Crippen LogP contribution in [0.25, 0.3) is 10.9 Å². The number of fused-ring (bicyclic) bond motifs is 1. The summed E-state index contributed by atoms with van der Waals surface area (Å²) in [6, 6.07) is 2.86. The van der Waals surface area contributed by atoms with Crippen LogP contribution in [-0.2, 0) is 6.18 Å². The van der Waals surface area contributed by atoms with Gasteiger partial charge in [-0.15, -0.1) is 0 Å². The molecule has 0 saturated carbocycles. The summed E-state index contributed by atoms with van der Waals surface area (Å²) in [6.07, 6.45) is -4.57. The Morgan fingerprint density at radius 2 is 1.42 bits per heavy atom. The minimum atomic E-state index is -4.57. The van der Waals surface area contributed by atoms with Crippen molar-refractivity contribution < 1.29 is 17.6 Å². The van der Waals surface area contributed by atoms with Crippen LogP contribution in [0.4, 0.5) is 17.6 Å².